The van der Waals surface area contributed by atoms with E-state index in [1.54, 1.807) is 30.3 Å². The third-order valence-electron chi connectivity index (χ3n) is 5.60. The molecule has 0 heterocycles. The van der Waals surface area contributed by atoms with Gasteiger partial charge in [0.05, 0.1) is 17.3 Å². The molecule has 0 aliphatic heterocycles. The third kappa shape index (κ3) is 6.70. The highest BCUT2D eigenvalue weighted by Crippen LogP contribution is 2.37. The van der Waals surface area contributed by atoms with Gasteiger partial charge in [-0.15, -0.1) is 0 Å². The van der Waals surface area contributed by atoms with Crippen molar-refractivity contribution in [2.45, 2.75) is 20.5 Å². The molecular formula is C29H25BrClN3O4. The number of nitrogens with zero attached hydrogens (tertiary/aromatic N) is 1. The number of ether oxygens (including phenoxy) is 2. The van der Waals surface area contributed by atoms with E-state index in [1.165, 1.54) is 6.21 Å². The summed E-state index contributed by atoms with van der Waals surface area (Å²) >= 11 is 9.62. The minimum absolute atomic E-state index is 0.352. The summed E-state index contributed by atoms with van der Waals surface area (Å²) in [6.45, 7) is 4.50. The Kier molecular flexibility index (Phi) is 8.99. The molecule has 9 heteroatoms. The molecule has 4 aromatic carbocycles. The molecule has 2 N–H and O–H groups in total. The van der Waals surface area contributed by atoms with Crippen molar-refractivity contribution < 1.29 is 19.1 Å². The summed E-state index contributed by atoms with van der Waals surface area (Å²) in [5, 5.41) is 9.15. The molecule has 0 radical (unpaired) electrons. The molecule has 0 aliphatic carbocycles. The summed E-state index contributed by atoms with van der Waals surface area (Å²) in [5.41, 5.74) is 5.18. The average molecular weight is 595 g/mol. The van der Waals surface area contributed by atoms with Gasteiger partial charge in [0.2, 0.25) is 0 Å². The molecule has 7 nitrogen and oxygen atoms in total. The van der Waals surface area contributed by atoms with E-state index in [0.717, 1.165) is 21.9 Å². The van der Waals surface area contributed by atoms with Crippen molar-refractivity contribution in [3.05, 3.63) is 99.0 Å². The maximum atomic E-state index is 12.2. The number of amides is 2. The number of carbonyl (C=O) groups excluding carboxylic acids is 2. The topological polar surface area (TPSA) is 89.0 Å². The molecule has 2 amide bonds. The van der Waals surface area contributed by atoms with E-state index in [1.807, 2.05) is 38.1 Å². The predicted octanol–water partition coefficient (Wildman–Crippen LogP) is 6.63. The minimum Gasteiger partial charge on any atom is -0.490 e. The normalized spacial score (nSPS) is 10.9. The zero-order valence-electron chi connectivity index (χ0n) is 20.8. The first-order chi connectivity index (χ1) is 18.4. The van der Waals surface area contributed by atoms with Crippen LogP contribution in [-0.2, 0) is 16.2 Å². The van der Waals surface area contributed by atoms with Gasteiger partial charge < -0.3 is 14.8 Å². The molecule has 194 valence electrons. The highest BCUT2D eigenvalue weighted by atomic mass is 79.9. The summed E-state index contributed by atoms with van der Waals surface area (Å²) in [5.74, 6) is -0.714. The molecule has 0 saturated heterocycles. The monoisotopic (exact) mass is 593 g/mol. The molecule has 0 atom stereocenters. The first-order valence-corrected chi connectivity index (χ1v) is 13.0. The number of rotatable bonds is 8. The van der Waals surface area contributed by atoms with Gasteiger partial charge in [0.1, 0.15) is 6.61 Å². The highest BCUT2D eigenvalue weighted by Gasteiger charge is 2.15. The SMILES string of the molecule is CCOc1cc(/C=N/NC(=O)C(=O)Nc2ccc(C)c(Cl)c2)cc(Br)c1OCc1cccc2ccccc12. The van der Waals surface area contributed by atoms with Gasteiger partial charge >= 0.3 is 11.8 Å². The largest absolute Gasteiger partial charge is 0.490 e. The lowest BCUT2D eigenvalue weighted by Crippen LogP contribution is -2.32. The van der Waals surface area contributed by atoms with Crippen LogP contribution in [-0.4, -0.2) is 24.6 Å². The molecule has 0 saturated carbocycles. The van der Waals surface area contributed by atoms with Crippen LogP contribution in [0.4, 0.5) is 5.69 Å². The molecule has 4 aromatic rings. The zero-order valence-corrected chi connectivity index (χ0v) is 23.1. The van der Waals surface area contributed by atoms with Gasteiger partial charge in [-0.2, -0.15) is 5.10 Å². The number of anilines is 1. The molecule has 0 unspecified atom stereocenters. The van der Waals surface area contributed by atoms with Crippen LogP contribution < -0.4 is 20.2 Å². The standard InChI is InChI=1S/C29H25BrClN3O4/c1-3-37-26-14-19(16-32-34-29(36)28(35)33-22-12-11-18(2)25(31)15-22)13-24(30)27(26)38-17-21-9-6-8-20-7-4-5-10-23(20)21/h4-16H,3,17H2,1-2H3,(H,33,35)(H,34,36)/b32-16+. The molecule has 0 fully saturated rings. The highest BCUT2D eigenvalue weighted by molar-refractivity contribution is 9.10. The molecule has 4 rings (SSSR count). The molecular weight excluding hydrogens is 570 g/mol. The summed E-state index contributed by atoms with van der Waals surface area (Å²) in [7, 11) is 0. The van der Waals surface area contributed by atoms with E-state index in [4.69, 9.17) is 21.1 Å². The van der Waals surface area contributed by atoms with Crippen molar-refractivity contribution in [2.24, 2.45) is 5.10 Å². The summed E-state index contributed by atoms with van der Waals surface area (Å²) in [6.07, 6.45) is 1.41. The van der Waals surface area contributed by atoms with Gasteiger partial charge in [-0.05, 0) is 81.5 Å². The lowest BCUT2D eigenvalue weighted by atomic mass is 10.1. The Balaban J connectivity index is 1.43. The lowest BCUT2D eigenvalue weighted by Gasteiger charge is -2.15. The van der Waals surface area contributed by atoms with Crippen LogP contribution in [0, 0.1) is 6.92 Å². The molecule has 38 heavy (non-hydrogen) atoms. The Labute approximate surface area is 233 Å². The van der Waals surface area contributed by atoms with Crippen LogP contribution in [0.5, 0.6) is 11.5 Å². The summed E-state index contributed by atoms with van der Waals surface area (Å²) < 4.78 is 12.6. The van der Waals surface area contributed by atoms with Crippen molar-refractivity contribution in [3.63, 3.8) is 0 Å². The number of fused-ring (bicyclic) bond motifs is 1. The van der Waals surface area contributed by atoms with Crippen molar-refractivity contribution >= 4 is 62.0 Å². The number of halogens is 2. The fourth-order valence-electron chi connectivity index (χ4n) is 3.71. The van der Waals surface area contributed by atoms with Crippen LogP contribution in [0.2, 0.25) is 5.02 Å². The zero-order chi connectivity index (χ0) is 27.1. The van der Waals surface area contributed by atoms with E-state index in [2.05, 4.69) is 50.0 Å². The quantitative estimate of drug-likeness (QED) is 0.136. The summed E-state index contributed by atoms with van der Waals surface area (Å²) in [4.78, 5) is 24.3. The smallest absolute Gasteiger partial charge is 0.329 e. The van der Waals surface area contributed by atoms with Crippen molar-refractivity contribution in [1.82, 2.24) is 5.43 Å². The van der Waals surface area contributed by atoms with Crippen LogP contribution in [0.25, 0.3) is 10.8 Å². The summed E-state index contributed by atoms with van der Waals surface area (Å²) in [6, 6.07) is 22.7. The number of carbonyl (C=O) groups is 2. The van der Waals surface area contributed by atoms with E-state index in [0.29, 0.717) is 45.5 Å². The second kappa shape index (κ2) is 12.6. The van der Waals surface area contributed by atoms with Gasteiger partial charge in [0.25, 0.3) is 0 Å². The average Bonchev–Trinajstić information content (AvgIpc) is 2.90. The third-order valence-corrected chi connectivity index (χ3v) is 6.60. The fourth-order valence-corrected chi connectivity index (χ4v) is 4.46. The Hall–Kier alpha value is -3.88. The number of benzene rings is 4. The Morgan fingerprint density at radius 2 is 1.79 bits per heavy atom. The second-order valence-corrected chi connectivity index (χ2v) is 9.57. The lowest BCUT2D eigenvalue weighted by molar-refractivity contribution is -0.136. The Morgan fingerprint density at radius 3 is 2.58 bits per heavy atom. The number of hydrogen-bond acceptors (Lipinski definition) is 5. The maximum Gasteiger partial charge on any atom is 0.329 e. The van der Waals surface area contributed by atoms with Gasteiger partial charge in [0, 0.05) is 10.7 Å². The van der Waals surface area contributed by atoms with Crippen molar-refractivity contribution in [1.29, 1.82) is 0 Å². The number of hydrazone groups is 1. The number of hydrogen-bond donors (Lipinski definition) is 2. The second-order valence-electron chi connectivity index (χ2n) is 8.31. The molecule has 0 bridgehead atoms. The van der Waals surface area contributed by atoms with E-state index < -0.39 is 11.8 Å². The predicted molar refractivity (Wildman–Crippen MR) is 154 cm³/mol. The van der Waals surface area contributed by atoms with Gasteiger partial charge in [-0.1, -0.05) is 60.1 Å². The van der Waals surface area contributed by atoms with Crippen LogP contribution in [0.3, 0.4) is 0 Å². The van der Waals surface area contributed by atoms with E-state index in [-0.39, 0.29) is 0 Å². The van der Waals surface area contributed by atoms with Crippen LogP contribution >= 0.6 is 27.5 Å². The Bertz CT molecular complexity index is 1520. The Morgan fingerprint density at radius 1 is 1.00 bits per heavy atom. The van der Waals surface area contributed by atoms with Crippen molar-refractivity contribution in [2.75, 3.05) is 11.9 Å². The number of nitrogens with one attached hydrogen (secondary N) is 2. The van der Waals surface area contributed by atoms with Gasteiger partial charge in [0.15, 0.2) is 11.5 Å². The minimum atomic E-state index is -0.919. The number of aryl methyl sites for hydroxylation is 1. The first-order valence-electron chi connectivity index (χ1n) is 11.8. The molecule has 0 aliphatic rings. The van der Waals surface area contributed by atoms with E-state index >= 15 is 0 Å². The van der Waals surface area contributed by atoms with Crippen molar-refractivity contribution in [3.8, 4) is 11.5 Å². The maximum absolute atomic E-state index is 12.2. The fraction of sp³-hybridized carbons (Fsp3) is 0.138. The molecule has 0 spiro atoms. The van der Waals surface area contributed by atoms with Crippen LogP contribution in [0.15, 0.2) is 82.4 Å². The van der Waals surface area contributed by atoms with Gasteiger partial charge in [-0.25, -0.2) is 5.43 Å². The van der Waals surface area contributed by atoms with Crippen LogP contribution in [0.1, 0.15) is 23.6 Å². The van der Waals surface area contributed by atoms with Gasteiger partial charge in [-0.3, -0.25) is 9.59 Å². The molecule has 0 aromatic heterocycles. The first kappa shape index (κ1) is 27.2. The van der Waals surface area contributed by atoms with E-state index in [9.17, 15) is 9.59 Å².